The van der Waals surface area contributed by atoms with E-state index in [0.29, 0.717) is 37.2 Å². The van der Waals surface area contributed by atoms with Crippen LogP contribution in [0.25, 0.3) is 0 Å². The molecule has 28 heavy (non-hydrogen) atoms. The summed E-state index contributed by atoms with van der Waals surface area (Å²) in [5.41, 5.74) is 2.06. The molecule has 1 atom stereocenters. The summed E-state index contributed by atoms with van der Waals surface area (Å²) >= 11 is 0. The molecule has 4 nitrogen and oxygen atoms in total. The van der Waals surface area contributed by atoms with Gasteiger partial charge >= 0.3 is 0 Å². The van der Waals surface area contributed by atoms with E-state index < -0.39 is 0 Å². The quantitative estimate of drug-likeness (QED) is 0.701. The number of oxime groups is 1. The van der Waals surface area contributed by atoms with Crippen molar-refractivity contribution in [2.24, 2.45) is 11.1 Å². The van der Waals surface area contributed by atoms with Crippen molar-refractivity contribution in [2.75, 3.05) is 6.54 Å². The van der Waals surface area contributed by atoms with E-state index >= 15 is 0 Å². The van der Waals surface area contributed by atoms with Crippen LogP contribution in [0, 0.1) is 17.6 Å². The number of halogens is 2. The molecule has 0 aliphatic carbocycles. The molecule has 0 N–H and O–H groups in total. The zero-order chi connectivity index (χ0) is 20.1. The van der Waals surface area contributed by atoms with Gasteiger partial charge in [0.1, 0.15) is 11.6 Å². The summed E-state index contributed by atoms with van der Waals surface area (Å²) in [6.07, 6.45) is 0.570. The van der Waals surface area contributed by atoms with Crippen molar-refractivity contribution in [3.63, 3.8) is 0 Å². The average Bonchev–Trinajstić information content (AvgIpc) is 3.09. The summed E-state index contributed by atoms with van der Waals surface area (Å²) < 4.78 is 27.0. The molecule has 0 aromatic heterocycles. The zero-order valence-corrected chi connectivity index (χ0v) is 16.1. The molecule has 0 saturated carbocycles. The van der Waals surface area contributed by atoms with Crippen LogP contribution in [-0.4, -0.2) is 29.2 Å². The third kappa shape index (κ3) is 5.38. The molecule has 0 radical (unpaired) electrons. The molecular formula is C22H24F2N2O2. The van der Waals surface area contributed by atoms with Gasteiger partial charge in [-0.15, -0.1) is 0 Å². The summed E-state index contributed by atoms with van der Waals surface area (Å²) in [7, 11) is 0. The highest BCUT2D eigenvalue weighted by molar-refractivity contribution is 6.01. The molecule has 1 aliphatic heterocycles. The van der Waals surface area contributed by atoms with Crippen molar-refractivity contribution in [2.45, 2.75) is 39.3 Å². The number of hydrogen-bond acceptors (Lipinski definition) is 3. The first kappa shape index (κ1) is 20.0. The van der Waals surface area contributed by atoms with Gasteiger partial charge in [-0.3, -0.25) is 4.79 Å². The van der Waals surface area contributed by atoms with Crippen LogP contribution in [0.1, 0.15) is 37.8 Å². The van der Waals surface area contributed by atoms with Gasteiger partial charge in [0, 0.05) is 24.9 Å². The molecule has 0 saturated heterocycles. The summed E-state index contributed by atoms with van der Waals surface area (Å²) in [6, 6.07) is 12.4. The Morgan fingerprint density at radius 1 is 1.18 bits per heavy atom. The minimum atomic E-state index is -0.331. The first-order chi connectivity index (χ1) is 13.4. The first-order valence-electron chi connectivity index (χ1n) is 9.41. The molecule has 1 aliphatic rings. The second kappa shape index (κ2) is 8.95. The lowest BCUT2D eigenvalue weighted by atomic mass is 10.0. The SMILES string of the molecule is CC(C)CC(=O)N(Cc1cccc(F)c1)CC1CC(c2cccc(F)c2)=NO1. The third-order valence-electron chi connectivity index (χ3n) is 4.51. The first-order valence-corrected chi connectivity index (χ1v) is 9.41. The number of carbonyl (C=O) groups excluding carboxylic acids is 1. The Morgan fingerprint density at radius 3 is 2.57 bits per heavy atom. The zero-order valence-electron chi connectivity index (χ0n) is 16.1. The van der Waals surface area contributed by atoms with Crippen molar-refractivity contribution in [1.29, 1.82) is 0 Å². The van der Waals surface area contributed by atoms with Gasteiger partial charge in [0.15, 0.2) is 6.10 Å². The van der Waals surface area contributed by atoms with E-state index in [4.69, 9.17) is 4.84 Å². The van der Waals surface area contributed by atoms with Crippen molar-refractivity contribution in [3.8, 4) is 0 Å². The lowest BCUT2D eigenvalue weighted by molar-refractivity contribution is -0.134. The van der Waals surface area contributed by atoms with Crippen molar-refractivity contribution < 1.29 is 18.4 Å². The fourth-order valence-corrected chi connectivity index (χ4v) is 3.20. The van der Waals surface area contributed by atoms with Crippen LogP contribution < -0.4 is 0 Å². The fourth-order valence-electron chi connectivity index (χ4n) is 3.20. The van der Waals surface area contributed by atoms with Crippen LogP contribution in [0.3, 0.4) is 0 Å². The third-order valence-corrected chi connectivity index (χ3v) is 4.51. The minimum absolute atomic E-state index is 0.0120. The standard InChI is InChI=1S/C22H24F2N2O2/c1-15(2)9-22(27)26(13-16-5-3-7-18(23)10-16)14-20-12-21(25-28-20)17-6-4-8-19(24)11-17/h3-8,10-11,15,20H,9,12-14H2,1-2H3. The fraction of sp³-hybridized carbons (Fsp3) is 0.364. The Labute approximate surface area is 163 Å². The second-order valence-corrected chi connectivity index (χ2v) is 7.48. The van der Waals surface area contributed by atoms with E-state index in [9.17, 15) is 13.6 Å². The normalized spacial score (nSPS) is 16.0. The summed E-state index contributed by atoms with van der Waals surface area (Å²) in [6.45, 7) is 4.61. The molecule has 0 spiro atoms. The highest BCUT2D eigenvalue weighted by atomic mass is 19.1. The van der Waals surface area contributed by atoms with Crippen LogP contribution in [-0.2, 0) is 16.2 Å². The Bertz CT molecular complexity index is 867. The predicted octanol–water partition coefficient (Wildman–Crippen LogP) is 4.53. The number of benzene rings is 2. The number of amides is 1. The lowest BCUT2D eigenvalue weighted by Gasteiger charge is -2.26. The van der Waals surface area contributed by atoms with Gasteiger partial charge in [0.05, 0.1) is 12.3 Å². The van der Waals surface area contributed by atoms with Gasteiger partial charge in [-0.2, -0.15) is 0 Å². The van der Waals surface area contributed by atoms with E-state index in [2.05, 4.69) is 5.16 Å². The van der Waals surface area contributed by atoms with Gasteiger partial charge in [0.2, 0.25) is 5.91 Å². The molecule has 1 heterocycles. The van der Waals surface area contributed by atoms with Crippen LogP contribution in [0.15, 0.2) is 53.7 Å². The molecule has 148 valence electrons. The van der Waals surface area contributed by atoms with E-state index in [1.807, 2.05) is 13.8 Å². The van der Waals surface area contributed by atoms with Gasteiger partial charge in [-0.25, -0.2) is 8.78 Å². The van der Waals surface area contributed by atoms with Crippen LogP contribution in [0.4, 0.5) is 8.78 Å². The van der Waals surface area contributed by atoms with Crippen molar-refractivity contribution in [3.05, 3.63) is 71.3 Å². The monoisotopic (exact) mass is 386 g/mol. The van der Waals surface area contributed by atoms with Crippen molar-refractivity contribution in [1.82, 2.24) is 4.90 Å². The maximum atomic E-state index is 13.5. The topological polar surface area (TPSA) is 41.9 Å². The second-order valence-electron chi connectivity index (χ2n) is 7.48. The highest BCUT2D eigenvalue weighted by Crippen LogP contribution is 2.20. The molecule has 2 aromatic rings. The lowest BCUT2D eigenvalue weighted by Crippen LogP contribution is -2.37. The van der Waals surface area contributed by atoms with Crippen LogP contribution in [0.2, 0.25) is 0 Å². The maximum Gasteiger partial charge on any atom is 0.223 e. The van der Waals surface area contributed by atoms with Crippen LogP contribution in [0.5, 0.6) is 0 Å². The van der Waals surface area contributed by atoms with Gasteiger partial charge in [-0.1, -0.05) is 43.3 Å². The molecule has 1 unspecified atom stereocenters. The van der Waals surface area contributed by atoms with Gasteiger partial charge in [-0.05, 0) is 35.7 Å². The van der Waals surface area contributed by atoms with Crippen LogP contribution >= 0.6 is 0 Å². The molecule has 1 amide bonds. The maximum absolute atomic E-state index is 13.5. The Kier molecular flexibility index (Phi) is 6.39. The highest BCUT2D eigenvalue weighted by Gasteiger charge is 2.27. The number of hydrogen-bond donors (Lipinski definition) is 0. The number of rotatable bonds is 7. The van der Waals surface area contributed by atoms with E-state index in [1.54, 1.807) is 29.2 Å². The van der Waals surface area contributed by atoms with E-state index in [1.165, 1.54) is 24.3 Å². The Balaban J connectivity index is 1.68. The van der Waals surface area contributed by atoms with Gasteiger partial charge < -0.3 is 9.74 Å². The Hall–Kier alpha value is -2.76. The molecule has 2 aromatic carbocycles. The Morgan fingerprint density at radius 2 is 1.89 bits per heavy atom. The minimum Gasteiger partial charge on any atom is -0.390 e. The molecule has 3 rings (SSSR count). The largest absolute Gasteiger partial charge is 0.390 e. The number of nitrogens with zero attached hydrogens (tertiary/aromatic N) is 2. The molecule has 0 fully saturated rings. The summed E-state index contributed by atoms with van der Waals surface area (Å²) in [5.74, 6) is -0.459. The molecule has 0 bridgehead atoms. The average molecular weight is 386 g/mol. The van der Waals surface area contributed by atoms with Gasteiger partial charge in [0.25, 0.3) is 0 Å². The number of carbonyl (C=O) groups is 1. The molecule has 6 heteroatoms. The van der Waals surface area contributed by atoms with E-state index in [0.717, 1.165) is 5.56 Å². The summed E-state index contributed by atoms with van der Waals surface area (Å²) in [5, 5.41) is 4.07. The van der Waals surface area contributed by atoms with Crippen molar-refractivity contribution >= 4 is 11.6 Å². The predicted molar refractivity (Wildman–Crippen MR) is 104 cm³/mol. The molecular weight excluding hydrogens is 362 g/mol. The smallest absolute Gasteiger partial charge is 0.223 e. The summed E-state index contributed by atoms with van der Waals surface area (Å²) in [4.78, 5) is 19.9. The van der Waals surface area contributed by atoms with E-state index in [-0.39, 0.29) is 29.6 Å².